The van der Waals surface area contributed by atoms with E-state index < -0.39 is 21.7 Å². The minimum absolute atomic E-state index is 0.194. The highest BCUT2D eigenvalue weighted by Crippen LogP contribution is 2.31. The molecule has 4 rings (SSSR count). The second-order valence-electron chi connectivity index (χ2n) is 7.68. The van der Waals surface area contributed by atoms with Gasteiger partial charge in [0.25, 0.3) is 5.91 Å². The number of benzene rings is 3. The van der Waals surface area contributed by atoms with Gasteiger partial charge in [-0.25, -0.2) is 17.5 Å². The van der Waals surface area contributed by atoms with Crippen LogP contribution in [0.3, 0.4) is 0 Å². The molecule has 1 atom stereocenters. The van der Waals surface area contributed by atoms with E-state index in [1.807, 2.05) is 0 Å². The lowest BCUT2D eigenvalue weighted by Crippen LogP contribution is -2.26. The minimum atomic E-state index is -3.32. The lowest BCUT2D eigenvalue weighted by molar-refractivity contribution is 0.0940. The fraction of sp³-hybridized carbons (Fsp3) is 0.130. The Balaban J connectivity index is 1.67. The second kappa shape index (κ2) is 9.32. The van der Waals surface area contributed by atoms with Crippen molar-refractivity contribution in [2.24, 2.45) is 0 Å². The molecule has 0 aliphatic carbocycles. The van der Waals surface area contributed by atoms with E-state index in [1.165, 1.54) is 41.3 Å². The highest BCUT2D eigenvalue weighted by Gasteiger charge is 2.17. The number of nitrogens with zero attached hydrogens (tertiary/aromatic N) is 4. The zero-order valence-electron chi connectivity index (χ0n) is 18.1. The first-order valence-electron chi connectivity index (χ1n) is 10.1. The molecule has 1 N–H and O–H groups in total. The molecule has 0 saturated carbocycles. The Morgan fingerprint density at radius 3 is 2.44 bits per heavy atom. The maximum atomic E-state index is 13.6. The molecule has 0 aliphatic heterocycles. The van der Waals surface area contributed by atoms with Crippen molar-refractivity contribution < 1.29 is 17.6 Å². The molecule has 1 aromatic heterocycles. The van der Waals surface area contributed by atoms with E-state index >= 15 is 0 Å². The summed E-state index contributed by atoms with van der Waals surface area (Å²) in [6.07, 6.45) is 2.52. The summed E-state index contributed by atoms with van der Waals surface area (Å²) in [6.45, 7) is 1.79. The molecule has 1 unspecified atom stereocenters. The highest BCUT2D eigenvalue weighted by atomic mass is 35.5. The summed E-state index contributed by atoms with van der Waals surface area (Å²) in [6, 6.07) is 14.9. The highest BCUT2D eigenvalue weighted by molar-refractivity contribution is 7.90. The molecule has 3 aromatic carbocycles. The number of nitrogens with one attached hydrogen (secondary N) is 1. The Morgan fingerprint density at radius 2 is 1.82 bits per heavy atom. The Kier molecular flexibility index (Phi) is 6.45. The van der Waals surface area contributed by atoms with Crippen LogP contribution in [0.4, 0.5) is 4.39 Å². The van der Waals surface area contributed by atoms with Crippen LogP contribution in [-0.2, 0) is 9.84 Å². The molecular formula is C23H19ClFN5O3S. The Bertz CT molecular complexity index is 1460. The third-order valence-electron chi connectivity index (χ3n) is 5.19. The van der Waals surface area contributed by atoms with Crippen LogP contribution in [0.5, 0.6) is 0 Å². The zero-order chi connectivity index (χ0) is 24.5. The van der Waals surface area contributed by atoms with Gasteiger partial charge in [0.15, 0.2) is 9.84 Å². The summed E-state index contributed by atoms with van der Waals surface area (Å²) >= 11 is 6.25. The number of rotatable bonds is 6. The molecule has 0 bridgehead atoms. The van der Waals surface area contributed by atoms with Gasteiger partial charge in [-0.15, -0.1) is 5.10 Å². The molecule has 0 radical (unpaired) electrons. The van der Waals surface area contributed by atoms with Gasteiger partial charge in [-0.3, -0.25) is 4.79 Å². The number of aromatic nitrogens is 4. The summed E-state index contributed by atoms with van der Waals surface area (Å²) in [4.78, 5) is 13.3. The first-order chi connectivity index (χ1) is 16.1. The molecule has 0 saturated heterocycles. The number of hydrogen-bond acceptors (Lipinski definition) is 6. The number of sulfone groups is 1. The van der Waals surface area contributed by atoms with E-state index in [9.17, 15) is 17.6 Å². The number of carbonyl (C=O) groups is 1. The van der Waals surface area contributed by atoms with Crippen molar-refractivity contribution in [3.63, 3.8) is 0 Å². The topological polar surface area (TPSA) is 107 Å². The molecule has 8 nitrogen and oxygen atoms in total. The molecule has 1 heterocycles. The van der Waals surface area contributed by atoms with Gasteiger partial charge in [-0.1, -0.05) is 23.7 Å². The van der Waals surface area contributed by atoms with E-state index in [-0.39, 0.29) is 15.8 Å². The third kappa shape index (κ3) is 5.13. The first-order valence-corrected chi connectivity index (χ1v) is 12.3. The standard InChI is InChI=1S/C23H19ClFN5O3S/c1-14(15-3-6-20(7-4-15)34(2,32)33)27-23(31)17-9-16(21-8-5-18(25)12-22(21)24)10-19(11-17)30-13-26-28-29-30/h3-14H,1-2H3,(H,27,31). The first kappa shape index (κ1) is 23.5. The SMILES string of the molecule is CC(NC(=O)c1cc(-c2ccc(F)cc2Cl)cc(-n2cnnn2)c1)c1ccc(S(C)(=O)=O)cc1. The molecule has 0 fully saturated rings. The van der Waals surface area contributed by atoms with Gasteiger partial charge in [0.2, 0.25) is 0 Å². The van der Waals surface area contributed by atoms with E-state index in [0.29, 0.717) is 22.4 Å². The normalized spacial score (nSPS) is 12.4. The Hall–Kier alpha value is -3.63. The molecule has 34 heavy (non-hydrogen) atoms. The van der Waals surface area contributed by atoms with Gasteiger partial charge < -0.3 is 5.32 Å². The van der Waals surface area contributed by atoms with Crippen molar-refractivity contribution in [1.29, 1.82) is 0 Å². The summed E-state index contributed by atoms with van der Waals surface area (Å²) < 4.78 is 38.3. The van der Waals surface area contributed by atoms with Crippen LogP contribution in [0.1, 0.15) is 28.9 Å². The minimum Gasteiger partial charge on any atom is -0.346 e. The fourth-order valence-electron chi connectivity index (χ4n) is 3.40. The smallest absolute Gasteiger partial charge is 0.251 e. The average Bonchev–Trinajstić information content (AvgIpc) is 3.33. The average molecular weight is 500 g/mol. The van der Waals surface area contributed by atoms with Gasteiger partial charge in [0, 0.05) is 17.4 Å². The number of amides is 1. The maximum Gasteiger partial charge on any atom is 0.251 e. The van der Waals surface area contributed by atoms with Crippen molar-refractivity contribution in [3.8, 4) is 16.8 Å². The second-order valence-corrected chi connectivity index (χ2v) is 10.1. The number of carbonyl (C=O) groups excluding carboxylic acids is 1. The predicted octanol–water partition coefficient (Wildman–Crippen LogP) is 4.02. The molecule has 11 heteroatoms. The molecule has 4 aromatic rings. The fourth-order valence-corrected chi connectivity index (χ4v) is 4.31. The van der Waals surface area contributed by atoms with Crippen LogP contribution >= 0.6 is 11.6 Å². The van der Waals surface area contributed by atoms with Gasteiger partial charge >= 0.3 is 0 Å². The maximum absolute atomic E-state index is 13.6. The van der Waals surface area contributed by atoms with Gasteiger partial charge in [0.05, 0.1) is 21.6 Å². The summed E-state index contributed by atoms with van der Waals surface area (Å²) in [5, 5.41) is 14.2. The van der Waals surface area contributed by atoms with Crippen molar-refractivity contribution in [1.82, 2.24) is 25.5 Å². The van der Waals surface area contributed by atoms with Crippen molar-refractivity contribution in [2.75, 3.05) is 6.26 Å². The van der Waals surface area contributed by atoms with Crippen LogP contribution < -0.4 is 5.32 Å². The monoisotopic (exact) mass is 499 g/mol. The van der Waals surface area contributed by atoms with Crippen LogP contribution in [0.15, 0.2) is 71.9 Å². The molecular weight excluding hydrogens is 481 g/mol. The largest absolute Gasteiger partial charge is 0.346 e. The van der Waals surface area contributed by atoms with Crippen molar-refractivity contribution in [3.05, 3.63) is 89.0 Å². The van der Waals surface area contributed by atoms with Crippen molar-refractivity contribution in [2.45, 2.75) is 17.9 Å². The summed E-state index contributed by atoms with van der Waals surface area (Å²) in [5.41, 5.74) is 2.67. The molecule has 0 aliphatic rings. The summed E-state index contributed by atoms with van der Waals surface area (Å²) in [7, 11) is -3.32. The van der Waals surface area contributed by atoms with Gasteiger partial charge in [-0.05, 0) is 77.0 Å². The molecule has 0 spiro atoms. The zero-order valence-corrected chi connectivity index (χ0v) is 19.7. The Morgan fingerprint density at radius 1 is 1.09 bits per heavy atom. The van der Waals surface area contributed by atoms with Gasteiger partial charge in [-0.2, -0.15) is 0 Å². The van der Waals surface area contributed by atoms with Crippen LogP contribution in [0, 0.1) is 5.82 Å². The van der Waals surface area contributed by atoms with Crippen LogP contribution in [0.2, 0.25) is 5.02 Å². The lowest BCUT2D eigenvalue weighted by atomic mass is 10.0. The van der Waals surface area contributed by atoms with Crippen LogP contribution in [0.25, 0.3) is 16.8 Å². The number of halogens is 2. The van der Waals surface area contributed by atoms with Crippen molar-refractivity contribution >= 4 is 27.3 Å². The van der Waals surface area contributed by atoms with E-state index in [2.05, 4.69) is 20.8 Å². The number of tetrazole rings is 1. The number of hydrogen-bond donors (Lipinski definition) is 1. The lowest BCUT2D eigenvalue weighted by Gasteiger charge is -2.16. The Labute approximate surface area is 200 Å². The quantitative estimate of drug-likeness (QED) is 0.429. The molecule has 1 amide bonds. The van der Waals surface area contributed by atoms with Crippen LogP contribution in [-0.4, -0.2) is 40.8 Å². The van der Waals surface area contributed by atoms with E-state index in [4.69, 9.17) is 11.6 Å². The third-order valence-corrected chi connectivity index (χ3v) is 6.63. The summed E-state index contributed by atoms with van der Waals surface area (Å²) in [5.74, 6) is -0.854. The molecule has 174 valence electrons. The van der Waals surface area contributed by atoms with E-state index in [1.54, 1.807) is 37.3 Å². The van der Waals surface area contributed by atoms with Gasteiger partial charge in [0.1, 0.15) is 12.1 Å². The van der Waals surface area contributed by atoms with E-state index in [0.717, 1.165) is 11.8 Å². The predicted molar refractivity (Wildman–Crippen MR) is 125 cm³/mol.